The molecule has 138 valence electrons. The van der Waals surface area contributed by atoms with Crippen LogP contribution in [0.25, 0.3) is 0 Å². The Hall–Kier alpha value is -2.48. The Labute approximate surface area is 159 Å². The third kappa shape index (κ3) is 5.80. The van der Waals surface area contributed by atoms with Crippen LogP contribution in [0.1, 0.15) is 36.7 Å². The Morgan fingerprint density at radius 3 is 2.62 bits per heavy atom. The number of hydrogen-bond acceptors (Lipinski definition) is 4. The normalized spacial score (nSPS) is 11.0. The van der Waals surface area contributed by atoms with Crippen LogP contribution in [0, 0.1) is 5.82 Å². The van der Waals surface area contributed by atoms with Crippen molar-refractivity contribution in [1.82, 2.24) is 10.3 Å². The minimum Gasteiger partial charge on any atom is -0.444 e. The van der Waals surface area contributed by atoms with E-state index < -0.39 is 23.4 Å². The number of nitrogens with one attached hydrogen (secondary N) is 2. The van der Waals surface area contributed by atoms with Crippen molar-refractivity contribution < 1.29 is 18.7 Å². The van der Waals surface area contributed by atoms with Gasteiger partial charge in [-0.2, -0.15) is 0 Å². The van der Waals surface area contributed by atoms with Crippen LogP contribution in [0.5, 0.6) is 0 Å². The number of rotatable bonds is 4. The highest BCUT2D eigenvalue weighted by Crippen LogP contribution is 2.20. The van der Waals surface area contributed by atoms with Crippen LogP contribution in [-0.4, -0.2) is 22.6 Å². The molecule has 1 aromatic heterocycles. The van der Waals surface area contributed by atoms with Gasteiger partial charge >= 0.3 is 6.09 Å². The molecule has 0 unspecified atom stereocenters. The van der Waals surface area contributed by atoms with Gasteiger partial charge in [-0.05, 0) is 44.5 Å². The molecule has 1 heterocycles. The maximum Gasteiger partial charge on any atom is 0.407 e. The molecule has 0 aliphatic carbocycles. The number of aromatic nitrogens is 1. The summed E-state index contributed by atoms with van der Waals surface area (Å²) in [5.74, 6) is -1.07. The first-order chi connectivity index (χ1) is 12.2. The van der Waals surface area contributed by atoms with Crippen molar-refractivity contribution in [2.75, 3.05) is 5.32 Å². The second-order valence-corrected chi connectivity index (χ2v) is 7.33. The van der Waals surface area contributed by atoms with Gasteiger partial charge in [0, 0.05) is 22.8 Å². The van der Waals surface area contributed by atoms with Gasteiger partial charge in [0.2, 0.25) is 0 Å². The van der Waals surface area contributed by atoms with E-state index >= 15 is 0 Å². The first-order valence-corrected chi connectivity index (χ1v) is 8.61. The third-order valence-corrected chi connectivity index (χ3v) is 3.90. The Morgan fingerprint density at radius 2 is 2.00 bits per heavy atom. The maximum atomic E-state index is 13.6. The topological polar surface area (TPSA) is 80.3 Å². The van der Waals surface area contributed by atoms with Crippen molar-refractivity contribution in [3.63, 3.8) is 0 Å². The monoisotopic (exact) mass is 423 g/mol. The van der Waals surface area contributed by atoms with Gasteiger partial charge in [0.05, 0.1) is 11.9 Å². The number of carbonyl (C=O) groups excluding carboxylic acids is 2. The van der Waals surface area contributed by atoms with Gasteiger partial charge in [0.15, 0.2) is 5.82 Å². The van der Waals surface area contributed by atoms with Crippen LogP contribution in [0.3, 0.4) is 0 Å². The van der Waals surface area contributed by atoms with E-state index in [-0.39, 0.29) is 12.2 Å². The highest BCUT2D eigenvalue weighted by molar-refractivity contribution is 9.10. The first-order valence-electron chi connectivity index (χ1n) is 7.82. The molecule has 0 atom stereocenters. The molecule has 6 nitrogen and oxygen atoms in total. The van der Waals surface area contributed by atoms with Crippen LogP contribution >= 0.6 is 15.9 Å². The van der Waals surface area contributed by atoms with Crippen LogP contribution in [0.4, 0.5) is 14.9 Å². The number of carbonyl (C=O) groups is 2. The molecule has 0 aliphatic rings. The number of nitrogens with zero attached hydrogens (tertiary/aromatic N) is 1. The molecule has 2 N–H and O–H groups in total. The fourth-order valence-corrected chi connectivity index (χ4v) is 2.50. The summed E-state index contributed by atoms with van der Waals surface area (Å²) in [5.41, 5.74) is 0.583. The number of hydrogen-bond donors (Lipinski definition) is 2. The Bertz CT molecular complexity index is 822. The molecule has 0 radical (unpaired) electrons. The SMILES string of the molecule is CC(C)(C)OC(=O)NCc1ccc(C(=O)Nc2ccncc2F)cc1Br. The lowest BCUT2D eigenvalue weighted by atomic mass is 10.1. The minimum atomic E-state index is -0.613. The van der Waals surface area contributed by atoms with E-state index in [1.165, 1.54) is 12.3 Å². The average molecular weight is 424 g/mol. The average Bonchev–Trinajstić information content (AvgIpc) is 2.54. The van der Waals surface area contributed by atoms with E-state index in [1.54, 1.807) is 39.0 Å². The predicted octanol–water partition coefficient (Wildman–Crippen LogP) is 4.26. The quantitative estimate of drug-likeness (QED) is 0.769. The molecule has 0 saturated heterocycles. The molecule has 1 aromatic carbocycles. The molecule has 0 spiro atoms. The summed E-state index contributed by atoms with van der Waals surface area (Å²) in [6.07, 6.45) is 1.89. The standard InChI is InChI=1S/C18H19BrFN3O3/c1-18(2,3)26-17(25)22-9-12-5-4-11(8-13(12)19)16(24)23-15-6-7-21-10-14(15)20/h4-8,10H,9H2,1-3H3,(H,22,25)(H,21,23,24). The van der Waals surface area contributed by atoms with Crippen LogP contribution < -0.4 is 10.6 Å². The second-order valence-electron chi connectivity index (χ2n) is 6.47. The number of pyridine rings is 1. The summed E-state index contributed by atoms with van der Waals surface area (Å²) in [4.78, 5) is 27.6. The summed E-state index contributed by atoms with van der Waals surface area (Å²) in [6, 6.07) is 6.26. The van der Waals surface area contributed by atoms with Crippen molar-refractivity contribution >= 4 is 33.6 Å². The lowest BCUT2D eigenvalue weighted by molar-refractivity contribution is 0.0523. The predicted molar refractivity (Wildman–Crippen MR) is 99.4 cm³/mol. The number of halogens is 2. The van der Waals surface area contributed by atoms with Gasteiger partial charge in [-0.3, -0.25) is 9.78 Å². The van der Waals surface area contributed by atoms with Gasteiger partial charge < -0.3 is 15.4 Å². The summed E-state index contributed by atoms with van der Waals surface area (Å²) < 4.78 is 19.4. The third-order valence-electron chi connectivity index (χ3n) is 3.16. The highest BCUT2D eigenvalue weighted by atomic mass is 79.9. The molecule has 26 heavy (non-hydrogen) atoms. The zero-order chi connectivity index (χ0) is 19.3. The van der Waals surface area contributed by atoms with Gasteiger partial charge in [-0.1, -0.05) is 22.0 Å². The molecule has 0 fully saturated rings. The molecule has 8 heteroatoms. The second kappa shape index (κ2) is 8.27. The van der Waals surface area contributed by atoms with E-state index in [1.807, 2.05) is 0 Å². The van der Waals surface area contributed by atoms with Crippen LogP contribution in [0.15, 0.2) is 41.1 Å². The van der Waals surface area contributed by atoms with Crippen LogP contribution in [-0.2, 0) is 11.3 Å². The summed E-state index contributed by atoms with van der Waals surface area (Å²) in [7, 11) is 0. The van der Waals surface area contributed by atoms with E-state index in [9.17, 15) is 14.0 Å². The van der Waals surface area contributed by atoms with Crippen LogP contribution in [0.2, 0.25) is 0 Å². The molecule has 0 aliphatic heterocycles. The smallest absolute Gasteiger partial charge is 0.407 e. The Kier molecular flexibility index (Phi) is 6.31. The van der Waals surface area contributed by atoms with Crippen molar-refractivity contribution in [2.45, 2.75) is 32.9 Å². The number of anilines is 1. The molecule has 2 rings (SSSR count). The van der Waals surface area contributed by atoms with E-state index in [0.717, 1.165) is 11.8 Å². The van der Waals surface area contributed by atoms with Gasteiger partial charge in [-0.15, -0.1) is 0 Å². The number of ether oxygens (including phenoxy) is 1. The van der Waals surface area contributed by atoms with Gasteiger partial charge in [-0.25, -0.2) is 9.18 Å². The zero-order valence-electron chi connectivity index (χ0n) is 14.6. The molecule has 2 aromatic rings. The number of benzene rings is 1. The largest absolute Gasteiger partial charge is 0.444 e. The summed E-state index contributed by atoms with van der Waals surface area (Å²) in [5, 5.41) is 5.13. The highest BCUT2D eigenvalue weighted by Gasteiger charge is 2.16. The summed E-state index contributed by atoms with van der Waals surface area (Å²) >= 11 is 3.37. The molecule has 2 amide bonds. The van der Waals surface area contributed by atoms with Gasteiger partial charge in [0.25, 0.3) is 5.91 Å². The lowest BCUT2D eigenvalue weighted by Gasteiger charge is -2.19. The molecular weight excluding hydrogens is 405 g/mol. The van der Waals surface area contributed by atoms with Crippen molar-refractivity contribution in [2.24, 2.45) is 0 Å². The first kappa shape index (κ1) is 19.8. The van der Waals surface area contributed by atoms with Crippen molar-refractivity contribution in [3.8, 4) is 0 Å². The van der Waals surface area contributed by atoms with E-state index in [4.69, 9.17) is 4.74 Å². The maximum absolute atomic E-state index is 13.6. The lowest BCUT2D eigenvalue weighted by Crippen LogP contribution is -2.32. The molecule has 0 bridgehead atoms. The Morgan fingerprint density at radius 1 is 1.27 bits per heavy atom. The molecular formula is C18H19BrFN3O3. The zero-order valence-corrected chi connectivity index (χ0v) is 16.2. The van der Waals surface area contributed by atoms with Gasteiger partial charge in [0.1, 0.15) is 5.60 Å². The van der Waals surface area contributed by atoms with E-state index in [2.05, 4.69) is 31.5 Å². The Balaban J connectivity index is 2.01. The number of amides is 2. The molecule has 0 saturated carbocycles. The fraction of sp³-hybridized carbons (Fsp3) is 0.278. The van der Waals surface area contributed by atoms with Crippen molar-refractivity contribution in [3.05, 3.63) is 58.1 Å². The fourth-order valence-electron chi connectivity index (χ4n) is 1.98. The summed E-state index contributed by atoms with van der Waals surface area (Å²) in [6.45, 7) is 5.57. The number of alkyl carbamates (subject to hydrolysis) is 1. The van der Waals surface area contributed by atoms with Crippen molar-refractivity contribution in [1.29, 1.82) is 0 Å². The minimum absolute atomic E-state index is 0.0526. The van der Waals surface area contributed by atoms with E-state index in [0.29, 0.717) is 10.0 Å².